The van der Waals surface area contributed by atoms with E-state index in [1.165, 1.54) is 6.42 Å². The second-order valence-electron chi connectivity index (χ2n) is 7.36. The van der Waals surface area contributed by atoms with E-state index < -0.39 is 6.04 Å². The van der Waals surface area contributed by atoms with Gasteiger partial charge < -0.3 is 15.2 Å². The SMILES string of the molecule is CCC(C)C(NC(=O)c1ccc(Cl)cc1)C(=O)NCc1cn2c(n1)CCCC2. The Balaban J connectivity index is 1.63. The van der Waals surface area contributed by atoms with E-state index in [0.717, 1.165) is 37.3 Å². The van der Waals surface area contributed by atoms with Crippen LogP contribution in [0, 0.1) is 5.92 Å². The van der Waals surface area contributed by atoms with Crippen molar-refractivity contribution in [2.45, 2.75) is 58.7 Å². The molecule has 0 saturated heterocycles. The van der Waals surface area contributed by atoms with Crippen molar-refractivity contribution >= 4 is 23.4 Å². The fourth-order valence-corrected chi connectivity index (χ4v) is 3.50. The van der Waals surface area contributed by atoms with Gasteiger partial charge in [0.25, 0.3) is 5.91 Å². The fourth-order valence-electron chi connectivity index (χ4n) is 3.37. The summed E-state index contributed by atoms with van der Waals surface area (Å²) >= 11 is 5.88. The number of benzene rings is 1. The molecular weight excluding hydrogens is 376 g/mol. The molecule has 6 nitrogen and oxygen atoms in total. The van der Waals surface area contributed by atoms with Crippen molar-refractivity contribution < 1.29 is 9.59 Å². The molecule has 2 unspecified atom stereocenters. The average Bonchev–Trinajstić information content (AvgIpc) is 3.13. The van der Waals surface area contributed by atoms with Crippen LogP contribution in [0.2, 0.25) is 5.02 Å². The van der Waals surface area contributed by atoms with E-state index in [2.05, 4.69) is 20.2 Å². The van der Waals surface area contributed by atoms with Crippen LogP contribution in [-0.2, 0) is 24.3 Å². The smallest absolute Gasteiger partial charge is 0.251 e. The molecular formula is C21H27ClN4O2. The second-order valence-corrected chi connectivity index (χ2v) is 7.80. The zero-order valence-corrected chi connectivity index (χ0v) is 17.1. The van der Waals surface area contributed by atoms with E-state index in [4.69, 9.17) is 11.6 Å². The predicted octanol–water partition coefficient (Wildman–Crippen LogP) is 3.33. The zero-order valence-electron chi connectivity index (χ0n) is 16.4. The molecule has 0 bridgehead atoms. The second kappa shape index (κ2) is 9.24. The van der Waals surface area contributed by atoms with Gasteiger partial charge in [-0.2, -0.15) is 0 Å². The minimum absolute atomic E-state index is 0.00597. The summed E-state index contributed by atoms with van der Waals surface area (Å²) in [4.78, 5) is 30.0. The van der Waals surface area contributed by atoms with Crippen LogP contribution in [0.1, 0.15) is 55.0 Å². The van der Waals surface area contributed by atoms with Crippen LogP contribution in [0.25, 0.3) is 0 Å². The summed E-state index contributed by atoms with van der Waals surface area (Å²) in [7, 11) is 0. The van der Waals surface area contributed by atoms with Crippen molar-refractivity contribution in [2.75, 3.05) is 0 Å². The van der Waals surface area contributed by atoms with Crippen LogP contribution in [0.5, 0.6) is 0 Å². The highest BCUT2D eigenvalue weighted by atomic mass is 35.5. The Morgan fingerprint density at radius 1 is 1.25 bits per heavy atom. The van der Waals surface area contributed by atoms with Gasteiger partial charge in [0.2, 0.25) is 5.91 Å². The summed E-state index contributed by atoms with van der Waals surface area (Å²) in [6, 6.07) is 6.02. The molecule has 2 N–H and O–H groups in total. The Morgan fingerprint density at radius 2 is 2.00 bits per heavy atom. The highest BCUT2D eigenvalue weighted by molar-refractivity contribution is 6.30. The first kappa shape index (κ1) is 20.4. The lowest BCUT2D eigenvalue weighted by Crippen LogP contribution is -2.50. The number of halogens is 1. The summed E-state index contributed by atoms with van der Waals surface area (Å²) in [5, 5.41) is 6.37. The summed E-state index contributed by atoms with van der Waals surface area (Å²) in [5.74, 6) is 0.619. The van der Waals surface area contributed by atoms with Crippen molar-refractivity contribution in [3.05, 3.63) is 52.6 Å². The number of hydrogen-bond acceptors (Lipinski definition) is 3. The molecule has 1 aromatic carbocycles. The van der Waals surface area contributed by atoms with E-state index in [9.17, 15) is 9.59 Å². The molecule has 0 saturated carbocycles. The van der Waals surface area contributed by atoms with Gasteiger partial charge in [0.1, 0.15) is 11.9 Å². The van der Waals surface area contributed by atoms with E-state index >= 15 is 0 Å². The molecule has 2 amide bonds. The topological polar surface area (TPSA) is 76.0 Å². The number of nitrogens with one attached hydrogen (secondary N) is 2. The van der Waals surface area contributed by atoms with Gasteiger partial charge >= 0.3 is 0 Å². The fraction of sp³-hybridized carbons (Fsp3) is 0.476. The first-order valence-corrected chi connectivity index (χ1v) is 10.2. The summed E-state index contributed by atoms with van der Waals surface area (Å²) in [6.07, 6.45) is 6.11. The van der Waals surface area contributed by atoms with Gasteiger partial charge in [-0.1, -0.05) is 31.9 Å². The van der Waals surface area contributed by atoms with E-state index in [1.807, 2.05) is 20.0 Å². The number of imidazole rings is 1. The third-order valence-electron chi connectivity index (χ3n) is 5.29. The highest BCUT2D eigenvalue weighted by Gasteiger charge is 2.26. The molecule has 3 rings (SSSR count). The van der Waals surface area contributed by atoms with Gasteiger partial charge in [0.15, 0.2) is 0 Å². The molecule has 1 aliphatic rings. The maximum atomic E-state index is 12.8. The molecule has 0 aliphatic carbocycles. The molecule has 0 fully saturated rings. The number of carbonyl (C=O) groups excluding carboxylic acids is 2. The maximum absolute atomic E-state index is 12.8. The lowest BCUT2D eigenvalue weighted by atomic mass is 9.98. The predicted molar refractivity (Wildman–Crippen MR) is 109 cm³/mol. The van der Waals surface area contributed by atoms with Crippen LogP contribution < -0.4 is 10.6 Å². The Labute approximate surface area is 170 Å². The Morgan fingerprint density at radius 3 is 2.68 bits per heavy atom. The molecule has 0 spiro atoms. The Kier molecular flexibility index (Phi) is 6.73. The van der Waals surface area contributed by atoms with Gasteiger partial charge in [-0.15, -0.1) is 0 Å². The van der Waals surface area contributed by atoms with Crippen molar-refractivity contribution in [3.8, 4) is 0 Å². The Bertz CT molecular complexity index is 808. The zero-order chi connectivity index (χ0) is 20.1. The van der Waals surface area contributed by atoms with E-state index in [1.54, 1.807) is 24.3 Å². The Hall–Kier alpha value is -2.34. The normalized spacial score (nSPS) is 15.4. The van der Waals surface area contributed by atoms with Gasteiger partial charge in [-0.3, -0.25) is 9.59 Å². The number of hydrogen-bond donors (Lipinski definition) is 2. The van der Waals surface area contributed by atoms with E-state index in [0.29, 0.717) is 17.1 Å². The first-order chi connectivity index (χ1) is 13.5. The average molecular weight is 403 g/mol. The van der Waals surface area contributed by atoms with Gasteiger partial charge in [-0.05, 0) is 43.0 Å². The number of rotatable bonds is 7. The van der Waals surface area contributed by atoms with Crippen LogP contribution in [0.4, 0.5) is 0 Å². The number of carbonyl (C=O) groups is 2. The third kappa shape index (κ3) is 4.93. The standard InChI is InChI=1S/C21H27ClN4O2/c1-3-14(2)19(25-20(27)15-7-9-16(22)10-8-15)21(28)23-12-17-13-26-11-5-4-6-18(26)24-17/h7-10,13-14,19H,3-6,11-12H2,1-2H3,(H,23,28)(H,25,27). The molecule has 2 heterocycles. The van der Waals surface area contributed by atoms with Crippen molar-refractivity contribution in [2.24, 2.45) is 5.92 Å². The van der Waals surface area contributed by atoms with Crippen LogP contribution >= 0.6 is 11.6 Å². The molecule has 2 atom stereocenters. The van der Waals surface area contributed by atoms with Crippen molar-refractivity contribution in [3.63, 3.8) is 0 Å². The van der Waals surface area contributed by atoms with Crippen LogP contribution in [-0.4, -0.2) is 27.4 Å². The summed E-state index contributed by atoms with van der Waals surface area (Å²) in [6.45, 7) is 5.32. The molecule has 2 aromatic rings. The maximum Gasteiger partial charge on any atom is 0.251 e. The molecule has 0 radical (unpaired) electrons. The monoisotopic (exact) mass is 402 g/mol. The van der Waals surface area contributed by atoms with Crippen molar-refractivity contribution in [1.82, 2.24) is 20.2 Å². The van der Waals surface area contributed by atoms with Crippen LogP contribution in [0.15, 0.2) is 30.5 Å². The molecule has 28 heavy (non-hydrogen) atoms. The van der Waals surface area contributed by atoms with Gasteiger partial charge in [0.05, 0.1) is 12.2 Å². The van der Waals surface area contributed by atoms with E-state index in [-0.39, 0.29) is 17.7 Å². The quantitative estimate of drug-likeness (QED) is 0.745. The molecule has 1 aliphatic heterocycles. The largest absolute Gasteiger partial charge is 0.349 e. The molecule has 1 aromatic heterocycles. The summed E-state index contributed by atoms with van der Waals surface area (Å²) < 4.78 is 2.17. The highest BCUT2D eigenvalue weighted by Crippen LogP contribution is 2.15. The number of aryl methyl sites for hydroxylation is 2. The van der Waals surface area contributed by atoms with Crippen LogP contribution in [0.3, 0.4) is 0 Å². The number of amides is 2. The van der Waals surface area contributed by atoms with Gasteiger partial charge in [0, 0.05) is 29.7 Å². The minimum atomic E-state index is -0.606. The molecule has 150 valence electrons. The molecule has 7 heteroatoms. The minimum Gasteiger partial charge on any atom is -0.349 e. The number of aromatic nitrogens is 2. The van der Waals surface area contributed by atoms with Crippen molar-refractivity contribution in [1.29, 1.82) is 0 Å². The number of nitrogens with zero attached hydrogens (tertiary/aromatic N) is 2. The number of fused-ring (bicyclic) bond motifs is 1. The lowest BCUT2D eigenvalue weighted by molar-refractivity contribution is -0.124. The lowest BCUT2D eigenvalue weighted by Gasteiger charge is -2.23. The summed E-state index contributed by atoms with van der Waals surface area (Å²) in [5.41, 5.74) is 1.34. The first-order valence-electron chi connectivity index (χ1n) is 9.87. The van der Waals surface area contributed by atoms with Gasteiger partial charge in [-0.25, -0.2) is 4.98 Å². The third-order valence-corrected chi connectivity index (χ3v) is 5.54.